The Balaban J connectivity index is 2.19. The first-order valence-corrected chi connectivity index (χ1v) is 4.07. The molecule has 0 aromatic rings. The van der Waals surface area contributed by atoms with Gasteiger partial charge in [-0.05, 0) is 18.6 Å². The zero-order valence-electron chi connectivity index (χ0n) is 5.08. The second-order valence-corrected chi connectivity index (χ2v) is 3.56. The SMILES string of the molecule is O=[N+]([O-])CC1CCCS1. The standard InChI is InChI=1S/C5H9NO2S/c7-6(8)4-5-2-1-3-9-5/h5H,1-4H2. The Morgan fingerprint density at radius 1 is 1.78 bits per heavy atom. The zero-order valence-corrected chi connectivity index (χ0v) is 5.89. The van der Waals surface area contributed by atoms with E-state index >= 15 is 0 Å². The lowest BCUT2D eigenvalue weighted by Gasteiger charge is -1.98. The Labute approximate surface area is 58.0 Å². The fourth-order valence-corrected chi connectivity index (χ4v) is 2.18. The van der Waals surface area contributed by atoms with Crippen molar-refractivity contribution in [1.29, 1.82) is 0 Å². The molecule has 0 radical (unpaired) electrons. The summed E-state index contributed by atoms with van der Waals surface area (Å²) in [5, 5.41) is 10.3. The van der Waals surface area contributed by atoms with E-state index in [-0.39, 0.29) is 11.5 Å². The molecule has 0 saturated carbocycles. The van der Waals surface area contributed by atoms with E-state index in [4.69, 9.17) is 0 Å². The highest BCUT2D eigenvalue weighted by atomic mass is 32.2. The lowest BCUT2D eigenvalue weighted by molar-refractivity contribution is -0.479. The Hall–Kier alpha value is -0.250. The molecule has 3 nitrogen and oxygen atoms in total. The summed E-state index contributed by atoms with van der Waals surface area (Å²) in [7, 11) is 0. The molecule has 0 aromatic carbocycles. The van der Waals surface area contributed by atoms with Gasteiger partial charge < -0.3 is 0 Å². The Morgan fingerprint density at radius 3 is 3.00 bits per heavy atom. The number of nitro groups is 1. The van der Waals surface area contributed by atoms with Crippen molar-refractivity contribution < 1.29 is 4.92 Å². The van der Waals surface area contributed by atoms with Crippen LogP contribution in [0.25, 0.3) is 0 Å². The van der Waals surface area contributed by atoms with Crippen LogP contribution in [0.5, 0.6) is 0 Å². The van der Waals surface area contributed by atoms with Crippen LogP contribution in [0, 0.1) is 10.1 Å². The molecule has 1 fully saturated rings. The van der Waals surface area contributed by atoms with Crippen LogP contribution in [0.4, 0.5) is 0 Å². The van der Waals surface area contributed by atoms with Crippen molar-refractivity contribution in [2.75, 3.05) is 12.3 Å². The number of rotatable bonds is 2. The van der Waals surface area contributed by atoms with Crippen LogP contribution in [0.3, 0.4) is 0 Å². The molecule has 1 heterocycles. The maximum atomic E-state index is 9.95. The topological polar surface area (TPSA) is 43.1 Å². The molecule has 0 aromatic heterocycles. The molecule has 0 N–H and O–H groups in total. The fraction of sp³-hybridized carbons (Fsp3) is 1.00. The van der Waals surface area contributed by atoms with Crippen molar-refractivity contribution in [2.24, 2.45) is 0 Å². The summed E-state index contributed by atoms with van der Waals surface area (Å²) in [6.07, 6.45) is 2.19. The van der Waals surface area contributed by atoms with Gasteiger partial charge in [0, 0.05) is 4.92 Å². The number of thioether (sulfide) groups is 1. The van der Waals surface area contributed by atoms with Crippen molar-refractivity contribution in [3.8, 4) is 0 Å². The minimum absolute atomic E-state index is 0.157. The summed E-state index contributed by atoms with van der Waals surface area (Å²) in [5.41, 5.74) is 0. The van der Waals surface area contributed by atoms with Gasteiger partial charge in [-0.25, -0.2) is 0 Å². The predicted molar refractivity (Wildman–Crippen MR) is 37.3 cm³/mol. The summed E-state index contributed by atoms with van der Waals surface area (Å²) in [4.78, 5) is 9.73. The average molecular weight is 147 g/mol. The van der Waals surface area contributed by atoms with Gasteiger partial charge in [0.25, 0.3) is 0 Å². The largest absolute Gasteiger partial charge is 0.265 e. The van der Waals surface area contributed by atoms with Gasteiger partial charge in [0.2, 0.25) is 6.54 Å². The monoisotopic (exact) mass is 147 g/mol. The Morgan fingerprint density at radius 2 is 2.56 bits per heavy atom. The molecule has 0 bridgehead atoms. The maximum Gasteiger partial charge on any atom is 0.215 e. The van der Waals surface area contributed by atoms with E-state index in [0.717, 1.165) is 18.6 Å². The van der Waals surface area contributed by atoms with E-state index in [1.807, 2.05) is 0 Å². The third-order valence-corrected chi connectivity index (χ3v) is 2.76. The van der Waals surface area contributed by atoms with Crippen molar-refractivity contribution in [3.63, 3.8) is 0 Å². The van der Waals surface area contributed by atoms with Crippen molar-refractivity contribution in [3.05, 3.63) is 10.1 Å². The highest BCUT2D eigenvalue weighted by Crippen LogP contribution is 2.25. The predicted octanol–water partition coefficient (Wildman–Crippen LogP) is 1.16. The van der Waals surface area contributed by atoms with E-state index in [9.17, 15) is 10.1 Å². The van der Waals surface area contributed by atoms with Crippen LogP contribution < -0.4 is 0 Å². The molecule has 1 aliphatic rings. The molecule has 0 amide bonds. The highest BCUT2D eigenvalue weighted by molar-refractivity contribution is 8.00. The quantitative estimate of drug-likeness (QED) is 0.435. The van der Waals surface area contributed by atoms with Crippen molar-refractivity contribution in [1.82, 2.24) is 0 Å². The molecule has 1 atom stereocenters. The maximum absolute atomic E-state index is 9.95. The number of hydrogen-bond acceptors (Lipinski definition) is 3. The highest BCUT2D eigenvalue weighted by Gasteiger charge is 2.19. The summed E-state index contributed by atoms with van der Waals surface area (Å²) >= 11 is 1.73. The van der Waals surface area contributed by atoms with Crippen LogP contribution >= 0.6 is 11.8 Å². The third-order valence-electron chi connectivity index (χ3n) is 1.38. The molecular weight excluding hydrogens is 138 g/mol. The molecule has 52 valence electrons. The molecule has 0 aliphatic carbocycles. The zero-order chi connectivity index (χ0) is 6.69. The molecule has 0 spiro atoms. The number of nitrogens with zero attached hydrogens (tertiary/aromatic N) is 1. The average Bonchev–Trinajstić information content (AvgIpc) is 2.15. The first-order chi connectivity index (χ1) is 4.29. The smallest absolute Gasteiger partial charge is 0.215 e. The summed E-state index contributed by atoms with van der Waals surface area (Å²) in [5.74, 6) is 1.11. The first-order valence-electron chi connectivity index (χ1n) is 3.02. The van der Waals surface area contributed by atoms with E-state index in [1.54, 1.807) is 11.8 Å². The first kappa shape index (κ1) is 6.86. The van der Waals surface area contributed by atoms with Crippen molar-refractivity contribution >= 4 is 11.8 Å². The van der Waals surface area contributed by atoms with Gasteiger partial charge >= 0.3 is 0 Å². The Kier molecular flexibility index (Phi) is 2.33. The van der Waals surface area contributed by atoms with Gasteiger partial charge in [0.1, 0.15) is 0 Å². The third kappa shape index (κ3) is 2.22. The van der Waals surface area contributed by atoms with E-state index in [0.29, 0.717) is 5.25 Å². The van der Waals surface area contributed by atoms with Gasteiger partial charge in [-0.1, -0.05) is 0 Å². The van der Waals surface area contributed by atoms with Crippen LogP contribution in [0.2, 0.25) is 0 Å². The normalized spacial score (nSPS) is 26.4. The van der Waals surface area contributed by atoms with Gasteiger partial charge in [-0.3, -0.25) is 10.1 Å². The fourth-order valence-electron chi connectivity index (χ4n) is 0.955. The van der Waals surface area contributed by atoms with Gasteiger partial charge in [-0.2, -0.15) is 11.8 Å². The number of hydrogen-bond donors (Lipinski definition) is 0. The Bertz CT molecular complexity index is 112. The van der Waals surface area contributed by atoms with Crippen molar-refractivity contribution in [2.45, 2.75) is 18.1 Å². The van der Waals surface area contributed by atoms with Gasteiger partial charge in [0.05, 0.1) is 5.25 Å². The molecule has 1 saturated heterocycles. The summed E-state index contributed by atoms with van der Waals surface area (Å²) in [6, 6.07) is 0. The molecule has 1 unspecified atom stereocenters. The van der Waals surface area contributed by atoms with Crippen LogP contribution in [-0.2, 0) is 0 Å². The van der Waals surface area contributed by atoms with E-state index in [2.05, 4.69) is 0 Å². The van der Waals surface area contributed by atoms with Gasteiger partial charge in [-0.15, -0.1) is 0 Å². The van der Waals surface area contributed by atoms with Crippen LogP contribution in [0.15, 0.2) is 0 Å². The molecule has 1 aliphatic heterocycles. The molecule has 4 heteroatoms. The lowest BCUT2D eigenvalue weighted by Crippen LogP contribution is -2.12. The molecule has 9 heavy (non-hydrogen) atoms. The second-order valence-electron chi connectivity index (χ2n) is 2.15. The minimum atomic E-state index is -0.219. The summed E-state index contributed by atoms with van der Waals surface area (Å²) < 4.78 is 0. The second kappa shape index (κ2) is 3.06. The lowest BCUT2D eigenvalue weighted by atomic mass is 10.2. The molecular formula is C5H9NO2S. The summed E-state index contributed by atoms with van der Waals surface area (Å²) in [6.45, 7) is 0.157. The van der Waals surface area contributed by atoms with Crippen LogP contribution in [0.1, 0.15) is 12.8 Å². The van der Waals surface area contributed by atoms with E-state index in [1.165, 1.54) is 0 Å². The van der Waals surface area contributed by atoms with Gasteiger partial charge in [0.15, 0.2) is 0 Å². The minimum Gasteiger partial charge on any atom is -0.265 e. The van der Waals surface area contributed by atoms with E-state index < -0.39 is 0 Å². The van der Waals surface area contributed by atoms with Crippen LogP contribution in [-0.4, -0.2) is 22.5 Å². The molecule has 1 rings (SSSR count).